The van der Waals surface area contributed by atoms with Gasteiger partial charge < -0.3 is 19.3 Å². The molecule has 1 aliphatic rings. The van der Waals surface area contributed by atoms with Crippen molar-refractivity contribution in [1.29, 1.82) is 0 Å². The van der Waals surface area contributed by atoms with Gasteiger partial charge in [-0.1, -0.05) is 0 Å². The van der Waals surface area contributed by atoms with Crippen LogP contribution in [0, 0.1) is 6.92 Å². The number of thiazole rings is 1. The first kappa shape index (κ1) is 24.7. The lowest BCUT2D eigenvalue weighted by Gasteiger charge is -2.30. The predicted molar refractivity (Wildman–Crippen MR) is 144 cm³/mol. The zero-order valence-corrected chi connectivity index (χ0v) is 21.7. The normalized spacial score (nSPS) is 14.5. The van der Waals surface area contributed by atoms with Crippen LogP contribution in [0.3, 0.4) is 0 Å². The summed E-state index contributed by atoms with van der Waals surface area (Å²) in [7, 11) is 1.56. The van der Waals surface area contributed by atoms with Crippen LogP contribution < -0.4 is 19.1 Å². The number of halogens is 1. The second-order valence-corrected chi connectivity index (χ2v) is 9.92. The molecule has 0 bridgehead atoms. The number of pyridine rings is 1. The van der Waals surface area contributed by atoms with E-state index >= 15 is 0 Å². The summed E-state index contributed by atoms with van der Waals surface area (Å²) in [6, 6.07) is 8.91. The van der Waals surface area contributed by atoms with Crippen LogP contribution in [0.15, 0.2) is 48.9 Å². The maximum atomic E-state index is 13.7. The highest BCUT2D eigenvalue weighted by Gasteiger charge is 2.29. The van der Waals surface area contributed by atoms with Gasteiger partial charge in [0.1, 0.15) is 34.6 Å². The van der Waals surface area contributed by atoms with E-state index in [9.17, 15) is 14.3 Å². The zero-order valence-electron chi connectivity index (χ0n) is 20.9. The number of hydrogen-bond donors (Lipinski definition) is 1. The summed E-state index contributed by atoms with van der Waals surface area (Å²) in [5.74, 6) is 2.15. The summed E-state index contributed by atoms with van der Waals surface area (Å²) in [6.07, 6.45) is 2.85. The number of anilines is 1. The Kier molecular flexibility index (Phi) is 6.31. The summed E-state index contributed by atoms with van der Waals surface area (Å²) >= 11 is 1.40. The smallest absolute Gasteiger partial charge is 0.412 e. The second-order valence-electron chi connectivity index (χ2n) is 8.92. The Bertz CT molecular complexity index is 1710. The van der Waals surface area contributed by atoms with Gasteiger partial charge in [-0.2, -0.15) is 0 Å². The van der Waals surface area contributed by atoms with Gasteiger partial charge in [-0.3, -0.25) is 9.88 Å². The number of hydrogen-bond acceptors (Lipinski definition) is 9. The lowest BCUT2D eigenvalue weighted by atomic mass is 10.1. The van der Waals surface area contributed by atoms with E-state index < -0.39 is 18.9 Å². The third-order valence-electron chi connectivity index (χ3n) is 6.32. The molecule has 1 N–H and O–H groups in total. The minimum Gasteiger partial charge on any atom is -0.495 e. The standard InChI is InChI=1S/C27H22FN5O5S/c1-14-29-9-17(10-30-14)33(27(34)35)12-19-13-37-24-22(38-19)4-3-21-25(24)39-26(32-21)20-6-15(8-28)5-16-7-18(36-2)11-31-23(16)20/h3-7,9-11,19H,8,12-13H2,1-2H3,(H,34,35)/t19-/m1/s1. The molecule has 0 fully saturated rings. The van der Waals surface area contributed by atoms with Crippen LogP contribution >= 0.6 is 11.3 Å². The number of amides is 1. The van der Waals surface area contributed by atoms with Crippen molar-refractivity contribution in [2.24, 2.45) is 0 Å². The fourth-order valence-electron chi connectivity index (χ4n) is 4.44. The van der Waals surface area contributed by atoms with Gasteiger partial charge >= 0.3 is 6.09 Å². The number of methoxy groups -OCH3 is 1. The Balaban J connectivity index is 1.32. The van der Waals surface area contributed by atoms with Crippen molar-refractivity contribution in [2.75, 3.05) is 25.2 Å². The van der Waals surface area contributed by atoms with Gasteiger partial charge in [0, 0.05) is 10.9 Å². The highest BCUT2D eigenvalue weighted by molar-refractivity contribution is 7.22. The molecule has 1 amide bonds. The van der Waals surface area contributed by atoms with E-state index in [1.807, 2.05) is 12.1 Å². The van der Waals surface area contributed by atoms with Crippen LogP contribution in [-0.4, -0.2) is 57.5 Å². The summed E-state index contributed by atoms with van der Waals surface area (Å²) in [6.45, 7) is 1.27. The molecule has 10 nitrogen and oxygen atoms in total. The molecule has 0 saturated carbocycles. The van der Waals surface area contributed by atoms with E-state index in [2.05, 4.69) is 15.0 Å². The maximum Gasteiger partial charge on any atom is 0.412 e. The molecule has 2 aromatic carbocycles. The topological polar surface area (TPSA) is 120 Å². The first-order chi connectivity index (χ1) is 18.9. The van der Waals surface area contributed by atoms with E-state index in [0.717, 1.165) is 15.0 Å². The highest BCUT2D eigenvalue weighted by Crippen LogP contribution is 2.45. The number of rotatable bonds is 6. The third-order valence-corrected chi connectivity index (χ3v) is 7.42. The predicted octanol–water partition coefficient (Wildman–Crippen LogP) is 5.41. The Hall–Kier alpha value is -4.58. The fourth-order valence-corrected chi connectivity index (χ4v) is 5.51. The van der Waals surface area contributed by atoms with Crippen LogP contribution in [0.4, 0.5) is 14.9 Å². The van der Waals surface area contributed by atoms with Crippen LogP contribution in [-0.2, 0) is 6.67 Å². The minimum absolute atomic E-state index is 0.0321. The van der Waals surface area contributed by atoms with Gasteiger partial charge in [-0.15, -0.1) is 11.3 Å². The van der Waals surface area contributed by atoms with Gasteiger partial charge in [0.05, 0.1) is 49.0 Å². The van der Waals surface area contributed by atoms with Gasteiger partial charge in [-0.05, 0) is 42.8 Å². The van der Waals surface area contributed by atoms with Crippen molar-refractivity contribution in [2.45, 2.75) is 19.7 Å². The quantitative estimate of drug-likeness (QED) is 0.297. The lowest BCUT2D eigenvalue weighted by molar-refractivity contribution is 0.0961. The van der Waals surface area contributed by atoms with E-state index in [1.165, 1.54) is 23.7 Å². The molecule has 0 spiro atoms. The number of aromatic nitrogens is 4. The van der Waals surface area contributed by atoms with E-state index in [4.69, 9.17) is 19.2 Å². The van der Waals surface area contributed by atoms with E-state index in [-0.39, 0.29) is 13.2 Å². The van der Waals surface area contributed by atoms with Crippen molar-refractivity contribution in [1.82, 2.24) is 19.9 Å². The largest absolute Gasteiger partial charge is 0.495 e. The number of fused-ring (bicyclic) bond motifs is 4. The molecule has 1 atom stereocenters. The molecule has 12 heteroatoms. The number of ether oxygens (including phenoxy) is 3. The SMILES string of the molecule is COc1cnc2c(-c3nc4ccc5c(c4s3)OC[C@@H](CN(C(=O)O)c3cnc(C)nc3)O5)cc(CF)cc2c1. The molecule has 1 aliphatic heterocycles. The molecule has 198 valence electrons. The van der Waals surface area contributed by atoms with Crippen molar-refractivity contribution in [3.8, 4) is 27.8 Å². The first-order valence-corrected chi connectivity index (χ1v) is 12.8. The van der Waals surface area contributed by atoms with Crippen molar-refractivity contribution < 1.29 is 28.5 Å². The Labute approximate surface area is 225 Å². The number of nitrogens with zero attached hydrogens (tertiary/aromatic N) is 5. The van der Waals surface area contributed by atoms with Crippen LogP contribution in [0.25, 0.3) is 31.7 Å². The zero-order chi connectivity index (χ0) is 27.1. The second kappa shape index (κ2) is 9.95. The summed E-state index contributed by atoms with van der Waals surface area (Å²) in [4.78, 5) is 30.6. The molecule has 6 rings (SSSR count). The average Bonchev–Trinajstić information content (AvgIpc) is 3.40. The Morgan fingerprint density at radius 1 is 1.21 bits per heavy atom. The third kappa shape index (κ3) is 4.63. The van der Waals surface area contributed by atoms with E-state index in [1.54, 1.807) is 38.4 Å². The molecule has 0 aliphatic carbocycles. The molecule has 3 aromatic heterocycles. The highest BCUT2D eigenvalue weighted by atomic mass is 32.1. The molecule has 4 heterocycles. The number of carboxylic acid groups (broad SMARTS) is 1. The molecule has 0 radical (unpaired) electrons. The Morgan fingerprint density at radius 2 is 2.03 bits per heavy atom. The van der Waals surface area contributed by atoms with Crippen molar-refractivity contribution in [3.63, 3.8) is 0 Å². The molecular formula is C27H22FN5O5S. The molecule has 5 aromatic rings. The van der Waals surface area contributed by atoms with Gasteiger partial charge in [0.25, 0.3) is 0 Å². The first-order valence-electron chi connectivity index (χ1n) is 12.0. The van der Waals surface area contributed by atoms with Gasteiger partial charge in [-0.25, -0.2) is 24.1 Å². The van der Waals surface area contributed by atoms with Crippen molar-refractivity contribution >= 4 is 44.2 Å². The summed E-state index contributed by atoms with van der Waals surface area (Å²) < 4.78 is 32.0. The Morgan fingerprint density at radius 3 is 2.77 bits per heavy atom. The van der Waals surface area contributed by atoms with Crippen LogP contribution in [0.2, 0.25) is 0 Å². The van der Waals surface area contributed by atoms with Crippen LogP contribution in [0.5, 0.6) is 17.2 Å². The summed E-state index contributed by atoms with van der Waals surface area (Å²) in [5, 5.41) is 11.2. The molecule has 0 saturated heterocycles. The minimum atomic E-state index is -1.15. The molecule has 39 heavy (non-hydrogen) atoms. The van der Waals surface area contributed by atoms with Gasteiger partial charge in [0.15, 0.2) is 17.6 Å². The fraction of sp³-hybridized carbons (Fsp3) is 0.222. The molecular weight excluding hydrogens is 525 g/mol. The van der Waals surface area contributed by atoms with Crippen molar-refractivity contribution in [3.05, 3.63) is 60.3 Å². The number of alkyl halides is 1. The molecule has 0 unspecified atom stereocenters. The number of aryl methyl sites for hydroxylation is 1. The van der Waals surface area contributed by atoms with Gasteiger partial charge in [0.2, 0.25) is 0 Å². The number of carbonyl (C=O) groups is 1. The monoisotopic (exact) mass is 547 g/mol. The van der Waals surface area contributed by atoms with Crippen LogP contribution in [0.1, 0.15) is 11.4 Å². The number of benzene rings is 2. The summed E-state index contributed by atoms with van der Waals surface area (Å²) in [5.41, 5.74) is 2.96. The maximum absolute atomic E-state index is 13.7. The lowest BCUT2D eigenvalue weighted by Crippen LogP contribution is -2.43. The van der Waals surface area contributed by atoms with E-state index in [0.29, 0.717) is 55.9 Å². The average molecular weight is 548 g/mol.